The highest BCUT2D eigenvalue weighted by atomic mass is 19.3. The number of benzene rings is 1. The second-order valence-corrected chi connectivity index (χ2v) is 6.61. The number of rotatable bonds is 4. The van der Waals surface area contributed by atoms with Gasteiger partial charge in [-0.25, -0.2) is 8.78 Å². The van der Waals surface area contributed by atoms with Crippen molar-refractivity contribution in [3.05, 3.63) is 52.8 Å². The summed E-state index contributed by atoms with van der Waals surface area (Å²) >= 11 is 0. The molecule has 1 fully saturated rings. The molecule has 2 aromatic rings. The maximum atomic E-state index is 13.5. The summed E-state index contributed by atoms with van der Waals surface area (Å²) < 4.78 is 28.9. The number of amides is 1. The number of halogens is 2. The fraction of sp³-hybridized carbons (Fsp3) is 0.444. The van der Waals surface area contributed by atoms with Gasteiger partial charge in [0.05, 0.1) is 31.4 Å². The molecule has 1 aliphatic heterocycles. The molecule has 1 amide bonds. The highest BCUT2D eigenvalue weighted by Crippen LogP contribution is 2.32. The number of alkyl halides is 2. The monoisotopic (exact) mass is 349 g/mol. The van der Waals surface area contributed by atoms with Gasteiger partial charge >= 0.3 is 0 Å². The minimum absolute atomic E-state index is 0.341. The molecule has 0 aliphatic carbocycles. The zero-order valence-electron chi connectivity index (χ0n) is 14.2. The molecule has 1 aliphatic rings. The van der Waals surface area contributed by atoms with Crippen molar-refractivity contribution in [1.29, 1.82) is 0 Å². The molecule has 1 saturated heterocycles. The average molecular weight is 349 g/mol. The Bertz CT molecular complexity index is 771. The molecular weight excluding hydrogens is 328 g/mol. The Morgan fingerprint density at radius 3 is 2.56 bits per heavy atom. The Kier molecular flexibility index (Phi) is 4.60. The standard InChI is InChI=1S/C18H21F2N3O2/c1-12-7-13(2)23(21-12)9-14-3-5-15(6-4-14)17(25)22-11-18(19,20)8-16(22)10-24/h3-7,16,24H,8-11H2,1-2H3. The maximum absolute atomic E-state index is 13.5. The number of aliphatic hydroxyl groups excluding tert-OH is 1. The van der Waals surface area contributed by atoms with Gasteiger partial charge in [-0.15, -0.1) is 0 Å². The summed E-state index contributed by atoms with van der Waals surface area (Å²) in [5, 5.41) is 13.7. The molecule has 1 aromatic heterocycles. The van der Waals surface area contributed by atoms with E-state index in [-0.39, 0.29) is 0 Å². The van der Waals surface area contributed by atoms with Gasteiger partial charge in [0, 0.05) is 17.7 Å². The van der Waals surface area contributed by atoms with Gasteiger partial charge in [0.25, 0.3) is 11.8 Å². The Labute approximate surface area is 144 Å². The van der Waals surface area contributed by atoms with Crippen LogP contribution < -0.4 is 0 Å². The van der Waals surface area contributed by atoms with Crippen molar-refractivity contribution in [2.75, 3.05) is 13.2 Å². The smallest absolute Gasteiger partial charge is 0.267 e. The number of hydrogen-bond donors (Lipinski definition) is 1. The predicted molar refractivity (Wildman–Crippen MR) is 88.7 cm³/mol. The molecule has 0 saturated carbocycles. The molecule has 134 valence electrons. The summed E-state index contributed by atoms with van der Waals surface area (Å²) in [5.41, 5.74) is 3.29. The van der Waals surface area contributed by atoms with Gasteiger partial charge in [-0.05, 0) is 37.6 Å². The van der Waals surface area contributed by atoms with Gasteiger partial charge in [-0.2, -0.15) is 5.10 Å². The molecule has 0 radical (unpaired) electrons. The third-order valence-electron chi connectivity index (χ3n) is 4.48. The second kappa shape index (κ2) is 6.55. The first-order valence-electron chi connectivity index (χ1n) is 8.19. The molecule has 0 spiro atoms. The highest BCUT2D eigenvalue weighted by Gasteiger charge is 2.46. The molecule has 1 atom stereocenters. The van der Waals surface area contributed by atoms with Crippen LogP contribution in [0.1, 0.15) is 33.7 Å². The molecule has 7 heteroatoms. The highest BCUT2D eigenvalue weighted by molar-refractivity contribution is 5.94. The minimum Gasteiger partial charge on any atom is -0.394 e. The third-order valence-corrected chi connectivity index (χ3v) is 4.48. The number of carbonyl (C=O) groups is 1. The van der Waals surface area contributed by atoms with Crippen molar-refractivity contribution in [2.45, 2.75) is 38.8 Å². The summed E-state index contributed by atoms with van der Waals surface area (Å²) in [7, 11) is 0. The number of hydrogen-bond acceptors (Lipinski definition) is 3. The van der Waals surface area contributed by atoms with Gasteiger partial charge in [0.1, 0.15) is 0 Å². The van der Waals surface area contributed by atoms with E-state index in [0.29, 0.717) is 12.1 Å². The van der Waals surface area contributed by atoms with Crippen LogP contribution in [-0.4, -0.2) is 50.8 Å². The fourth-order valence-electron chi connectivity index (χ4n) is 3.23. The van der Waals surface area contributed by atoms with E-state index in [1.807, 2.05) is 24.6 Å². The number of carbonyl (C=O) groups excluding carboxylic acids is 1. The summed E-state index contributed by atoms with van der Waals surface area (Å²) in [6, 6.07) is 8.01. The largest absolute Gasteiger partial charge is 0.394 e. The summed E-state index contributed by atoms with van der Waals surface area (Å²) in [6.45, 7) is 3.37. The van der Waals surface area contributed by atoms with Crippen LogP contribution in [0.2, 0.25) is 0 Å². The summed E-state index contributed by atoms with van der Waals surface area (Å²) in [4.78, 5) is 13.6. The van der Waals surface area contributed by atoms with Gasteiger partial charge in [0.2, 0.25) is 0 Å². The van der Waals surface area contributed by atoms with E-state index in [2.05, 4.69) is 5.10 Å². The lowest BCUT2D eigenvalue weighted by Gasteiger charge is -2.22. The van der Waals surface area contributed by atoms with Crippen LogP contribution in [0.3, 0.4) is 0 Å². The van der Waals surface area contributed by atoms with Gasteiger partial charge in [-0.1, -0.05) is 12.1 Å². The van der Waals surface area contributed by atoms with Crippen LogP contribution in [0, 0.1) is 13.8 Å². The van der Waals surface area contributed by atoms with E-state index in [9.17, 15) is 18.7 Å². The van der Waals surface area contributed by atoms with E-state index >= 15 is 0 Å². The van der Waals surface area contributed by atoms with E-state index in [4.69, 9.17) is 0 Å². The first-order valence-corrected chi connectivity index (χ1v) is 8.19. The quantitative estimate of drug-likeness (QED) is 0.922. The van der Waals surface area contributed by atoms with Crippen LogP contribution in [0.5, 0.6) is 0 Å². The van der Waals surface area contributed by atoms with Crippen molar-refractivity contribution in [3.63, 3.8) is 0 Å². The SMILES string of the molecule is Cc1cc(C)n(Cc2ccc(C(=O)N3CC(F)(F)CC3CO)cc2)n1. The van der Waals surface area contributed by atoms with Crippen molar-refractivity contribution in [3.8, 4) is 0 Å². The lowest BCUT2D eigenvalue weighted by Crippen LogP contribution is -2.38. The van der Waals surface area contributed by atoms with Crippen LogP contribution in [0.15, 0.2) is 30.3 Å². The first-order chi connectivity index (χ1) is 11.8. The Hall–Kier alpha value is -2.28. The van der Waals surface area contributed by atoms with E-state index in [0.717, 1.165) is 21.9 Å². The Morgan fingerprint density at radius 2 is 2.00 bits per heavy atom. The number of aryl methyl sites for hydroxylation is 2. The first kappa shape index (κ1) is 17.5. The topological polar surface area (TPSA) is 58.4 Å². The van der Waals surface area contributed by atoms with Crippen molar-refractivity contribution < 1.29 is 18.7 Å². The normalized spacial score (nSPS) is 19.4. The number of likely N-dealkylation sites (tertiary alicyclic amines) is 1. The lowest BCUT2D eigenvalue weighted by molar-refractivity contribution is 0.0116. The minimum atomic E-state index is -2.95. The number of aliphatic hydroxyl groups is 1. The van der Waals surface area contributed by atoms with E-state index in [1.165, 1.54) is 0 Å². The number of aromatic nitrogens is 2. The number of nitrogens with zero attached hydrogens (tertiary/aromatic N) is 3. The van der Waals surface area contributed by atoms with E-state index in [1.54, 1.807) is 24.3 Å². The molecule has 3 rings (SSSR count). The molecule has 5 nitrogen and oxygen atoms in total. The third kappa shape index (κ3) is 3.71. The second-order valence-electron chi connectivity index (χ2n) is 6.61. The Balaban J connectivity index is 1.73. The molecule has 1 N–H and O–H groups in total. The molecule has 25 heavy (non-hydrogen) atoms. The Morgan fingerprint density at radius 1 is 1.32 bits per heavy atom. The lowest BCUT2D eigenvalue weighted by atomic mass is 10.1. The zero-order chi connectivity index (χ0) is 18.2. The molecule has 0 bridgehead atoms. The van der Waals surface area contributed by atoms with Crippen LogP contribution in [0.25, 0.3) is 0 Å². The van der Waals surface area contributed by atoms with Gasteiger partial charge in [0.15, 0.2) is 0 Å². The van der Waals surface area contributed by atoms with E-state index < -0.39 is 37.4 Å². The van der Waals surface area contributed by atoms with Crippen molar-refractivity contribution in [1.82, 2.24) is 14.7 Å². The predicted octanol–water partition coefficient (Wildman–Crippen LogP) is 2.39. The summed E-state index contributed by atoms with van der Waals surface area (Å²) in [5.74, 6) is -3.42. The van der Waals surface area contributed by atoms with Gasteiger partial charge in [-0.3, -0.25) is 9.48 Å². The summed E-state index contributed by atoms with van der Waals surface area (Å²) in [6.07, 6.45) is -0.495. The molecular formula is C18H21F2N3O2. The molecule has 1 aromatic carbocycles. The zero-order valence-corrected chi connectivity index (χ0v) is 14.2. The maximum Gasteiger partial charge on any atom is 0.267 e. The van der Waals surface area contributed by atoms with Crippen molar-refractivity contribution in [2.24, 2.45) is 0 Å². The van der Waals surface area contributed by atoms with Crippen molar-refractivity contribution >= 4 is 5.91 Å². The van der Waals surface area contributed by atoms with Crippen LogP contribution in [-0.2, 0) is 6.54 Å². The molecule has 1 unspecified atom stereocenters. The molecule has 2 heterocycles. The van der Waals surface area contributed by atoms with Gasteiger partial charge < -0.3 is 10.0 Å². The van der Waals surface area contributed by atoms with Crippen LogP contribution in [0.4, 0.5) is 8.78 Å². The van der Waals surface area contributed by atoms with Crippen LogP contribution >= 0.6 is 0 Å². The fourth-order valence-corrected chi connectivity index (χ4v) is 3.23. The average Bonchev–Trinajstić information content (AvgIpc) is 3.05.